The normalized spacial score (nSPS) is 17.1. The largest absolute Gasteiger partial charge is 0.480 e. The van der Waals surface area contributed by atoms with E-state index in [1.165, 1.54) is 6.92 Å². The lowest BCUT2D eigenvalue weighted by Gasteiger charge is -2.30. The summed E-state index contributed by atoms with van der Waals surface area (Å²) >= 11 is 0. The Bertz CT molecular complexity index is 952. The van der Waals surface area contributed by atoms with E-state index in [1.54, 1.807) is 12.1 Å². The van der Waals surface area contributed by atoms with Crippen molar-refractivity contribution in [1.82, 2.24) is 20.9 Å². The molecule has 35 heavy (non-hydrogen) atoms. The van der Waals surface area contributed by atoms with Gasteiger partial charge >= 0.3 is 7.12 Å². The van der Waals surface area contributed by atoms with Gasteiger partial charge in [-0.3, -0.25) is 9.59 Å². The molecule has 0 bridgehead atoms. The van der Waals surface area contributed by atoms with Crippen molar-refractivity contribution in [2.45, 2.75) is 45.3 Å². The quantitative estimate of drug-likeness (QED) is 0.399. The van der Waals surface area contributed by atoms with Gasteiger partial charge in [0.05, 0.1) is 17.7 Å². The highest BCUT2D eigenvalue weighted by atomic mass is 16.6. The highest BCUT2D eigenvalue weighted by molar-refractivity contribution is 6.47. The lowest BCUT2D eigenvalue weighted by atomic mass is 9.73. The lowest BCUT2D eigenvalue weighted by Crippen LogP contribution is -2.59. The van der Waals surface area contributed by atoms with E-state index in [-0.39, 0.29) is 11.6 Å². The van der Waals surface area contributed by atoms with Gasteiger partial charge in [0.25, 0.3) is 5.91 Å². The van der Waals surface area contributed by atoms with Gasteiger partial charge in [-0.05, 0) is 31.4 Å². The van der Waals surface area contributed by atoms with Crippen LogP contribution in [0, 0.1) is 5.92 Å². The summed E-state index contributed by atoms with van der Waals surface area (Å²) in [5.74, 6) is -1.22. The molecule has 0 saturated carbocycles. The summed E-state index contributed by atoms with van der Waals surface area (Å²) in [6, 6.07) is 13.4. The fraction of sp³-hybridized carbons (Fsp3) is 0.480. The molecule has 0 spiro atoms. The van der Waals surface area contributed by atoms with E-state index in [9.17, 15) is 14.7 Å². The van der Waals surface area contributed by atoms with Crippen molar-refractivity contribution >= 4 is 18.9 Å². The van der Waals surface area contributed by atoms with Gasteiger partial charge in [-0.1, -0.05) is 50.2 Å². The average molecular weight is 482 g/mol. The van der Waals surface area contributed by atoms with Gasteiger partial charge < -0.3 is 30.4 Å². The van der Waals surface area contributed by atoms with E-state index in [1.807, 2.05) is 50.2 Å². The van der Waals surface area contributed by atoms with Gasteiger partial charge in [0, 0.05) is 31.9 Å². The number of nitrogens with one attached hydrogen (secondary N) is 3. The Morgan fingerprint density at radius 2 is 1.71 bits per heavy atom. The Labute approximate surface area is 207 Å². The molecule has 1 aliphatic rings. The zero-order valence-electron chi connectivity index (χ0n) is 20.6. The molecule has 1 saturated heterocycles. The zero-order valence-corrected chi connectivity index (χ0v) is 20.6. The van der Waals surface area contributed by atoms with Crippen molar-refractivity contribution in [2.24, 2.45) is 5.92 Å². The maximum atomic E-state index is 13.2. The second kappa shape index (κ2) is 13.3. The van der Waals surface area contributed by atoms with E-state index < -0.39 is 37.0 Å². The number of hydrogen-bond donors (Lipinski definition) is 4. The van der Waals surface area contributed by atoms with Crippen molar-refractivity contribution in [1.29, 1.82) is 0 Å². The van der Waals surface area contributed by atoms with Gasteiger partial charge in [-0.15, -0.1) is 0 Å². The van der Waals surface area contributed by atoms with Crippen LogP contribution >= 0.6 is 0 Å². The van der Waals surface area contributed by atoms with Gasteiger partial charge in [0.1, 0.15) is 11.7 Å². The number of carbonyl (C=O) groups is 2. The summed E-state index contributed by atoms with van der Waals surface area (Å²) in [7, 11) is -0.613. The Balaban J connectivity index is 1.71. The van der Waals surface area contributed by atoms with Crippen LogP contribution in [0.15, 0.2) is 48.5 Å². The third-order valence-corrected chi connectivity index (χ3v) is 5.61. The molecule has 10 heteroatoms. The van der Waals surface area contributed by atoms with Crippen LogP contribution in [0.4, 0.5) is 0 Å². The summed E-state index contributed by atoms with van der Waals surface area (Å²) in [5, 5.41) is 19.1. The third-order valence-electron chi connectivity index (χ3n) is 5.61. The molecule has 188 valence electrons. The van der Waals surface area contributed by atoms with Gasteiger partial charge in [-0.2, -0.15) is 0 Å². The molecule has 2 heterocycles. The second-order valence-corrected chi connectivity index (χ2v) is 9.07. The van der Waals surface area contributed by atoms with Crippen LogP contribution in [-0.2, 0) is 14.1 Å². The van der Waals surface area contributed by atoms with Gasteiger partial charge in [0.15, 0.2) is 0 Å². The van der Waals surface area contributed by atoms with Crippen LogP contribution in [0.2, 0.25) is 0 Å². The molecule has 1 aromatic heterocycles. The predicted molar refractivity (Wildman–Crippen MR) is 135 cm³/mol. The van der Waals surface area contributed by atoms with Crippen molar-refractivity contribution in [2.75, 3.05) is 26.3 Å². The summed E-state index contributed by atoms with van der Waals surface area (Å²) in [6.45, 7) is 7.85. The number of benzene rings is 1. The van der Waals surface area contributed by atoms with Crippen LogP contribution < -0.4 is 16.0 Å². The van der Waals surface area contributed by atoms with Crippen LogP contribution in [-0.4, -0.2) is 73.4 Å². The zero-order chi connectivity index (χ0) is 25.2. The molecule has 9 nitrogen and oxygen atoms in total. The summed E-state index contributed by atoms with van der Waals surface area (Å²) in [6.07, 6.45) is -0.510. The van der Waals surface area contributed by atoms with Crippen molar-refractivity contribution in [3.05, 3.63) is 54.2 Å². The predicted octanol–water partition coefficient (Wildman–Crippen LogP) is 1.42. The summed E-state index contributed by atoms with van der Waals surface area (Å²) in [4.78, 5) is 30.6. The first-order valence-corrected chi connectivity index (χ1v) is 12.1. The Kier molecular flexibility index (Phi) is 10.2. The maximum Gasteiger partial charge on any atom is 0.480 e. The number of carbonyl (C=O) groups excluding carboxylic acids is 2. The van der Waals surface area contributed by atoms with Gasteiger partial charge in [-0.25, -0.2) is 4.98 Å². The van der Waals surface area contributed by atoms with Crippen LogP contribution in [0.25, 0.3) is 11.3 Å². The summed E-state index contributed by atoms with van der Waals surface area (Å²) in [5.41, 5.74) is 1.67. The number of pyridine rings is 1. The number of nitrogens with zero attached hydrogens (tertiary/aromatic N) is 1. The fourth-order valence-corrected chi connectivity index (χ4v) is 3.87. The van der Waals surface area contributed by atoms with Gasteiger partial charge in [0.2, 0.25) is 5.91 Å². The minimum absolute atomic E-state index is 0.155. The third kappa shape index (κ3) is 8.14. The molecule has 1 aliphatic heterocycles. The Morgan fingerprint density at radius 1 is 1.03 bits per heavy atom. The minimum Gasteiger partial charge on any atom is -0.408 e. The van der Waals surface area contributed by atoms with E-state index >= 15 is 0 Å². The molecule has 1 aromatic carbocycles. The number of hydrogen-bond acceptors (Lipinski definition) is 7. The maximum absolute atomic E-state index is 13.2. The lowest BCUT2D eigenvalue weighted by molar-refractivity contribution is -0.125. The smallest absolute Gasteiger partial charge is 0.408 e. The average Bonchev–Trinajstić information content (AvgIpc) is 2.82. The van der Waals surface area contributed by atoms with E-state index in [2.05, 4.69) is 20.9 Å². The van der Waals surface area contributed by atoms with Crippen molar-refractivity contribution in [3.8, 4) is 11.3 Å². The molecule has 2 unspecified atom stereocenters. The highest BCUT2D eigenvalue weighted by Gasteiger charge is 2.36. The molecule has 2 amide bonds. The number of rotatable bonds is 9. The van der Waals surface area contributed by atoms with Crippen LogP contribution in [0.5, 0.6) is 0 Å². The van der Waals surface area contributed by atoms with E-state index in [0.29, 0.717) is 38.4 Å². The molecule has 4 N–H and O–H groups in total. The molecular weight excluding hydrogens is 447 g/mol. The van der Waals surface area contributed by atoms with Crippen molar-refractivity contribution < 1.29 is 24.0 Å². The first-order chi connectivity index (χ1) is 16.8. The van der Waals surface area contributed by atoms with E-state index in [0.717, 1.165) is 5.56 Å². The first-order valence-electron chi connectivity index (χ1n) is 12.1. The highest BCUT2D eigenvalue weighted by Crippen LogP contribution is 2.17. The Morgan fingerprint density at radius 3 is 2.34 bits per heavy atom. The molecule has 1 fully saturated rings. The summed E-state index contributed by atoms with van der Waals surface area (Å²) < 4.78 is 11.7. The molecule has 3 rings (SSSR count). The van der Waals surface area contributed by atoms with Crippen LogP contribution in [0.1, 0.15) is 37.7 Å². The molecular formula is C25H35BN4O5. The Hall–Kier alpha value is -2.79. The van der Waals surface area contributed by atoms with Crippen LogP contribution in [0.3, 0.4) is 0 Å². The fourth-order valence-electron chi connectivity index (χ4n) is 3.87. The number of aliphatic hydroxyl groups is 1. The molecule has 3 atom stereocenters. The minimum atomic E-state index is -1.17. The number of aromatic nitrogens is 1. The monoisotopic (exact) mass is 482 g/mol. The van der Waals surface area contributed by atoms with E-state index in [4.69, 9.17) is 9.31 Å². The van der Waals surface area contributed by atoms with Crippen molar-refractivity contribution in [3.63, 3.8) is 0 Å². The molecule has 0 radical (unpaired) electrons. The standard InChI is InChI=1S/C25H35BN4O5/c1-17(2)16-22(26-34-14-12-27-13-15-35-26)29-25(33)23(18(3)31)30-24(32)21-11-7-10-20(28-21)19-8-5-4-6-9-19/h4-11,17-18,22-23,27,31H,12-16H2,1-3H3,(H,29,33)(H,30,32)/t18?,22-,23?/m0/s1. The number of aliphatic hydroxyl groups excluding tert-OH is 1. The first kappa shape index (κ1) is 26.8. The molecule has 2 aromatic rings. The SMILES string of the molecule is CC(C)C[C@H](NC(=O)C(NC(=O)c1cccc(-c2ccccc2)n1)C(C)O)B1OCCNCCO1. The molecule has 0 aliphatic carbocycles. The second-order valence-electron chi connectivity index (χ2n) is 9.07. The topological polar surface area (TPSA) is 122 Å². The number of amides is 2.